The van der Waals surface area contributed by atoms with E-state index in [1.165, 1.54) is 6.07 Å². The molecule has 7 heteroatoms. The van der Waals surface area contributed by atoms with Crippen molar-refractivity contribution in [3.8, 4) is 11.3 Å². The maximum atomic E-state index is 12.8. The Morgan fingerprint density at radius 1 is 1.15 bits per heavy atom. The van der Waals surface area contributed by atoms with Crippen LogP contribution in [-0.2, 0) is 6.18 Å². The van der Waals surface area contributed by atoms with Crippen LogP contribution in [0, 0.1) is 0 Å². The van der Waals surface area contributed by atoms with Crippen molar-refractivity contribution in [3.63, 3.8) is 0 Å². The molecule has 2 rings (SSSR count). The van der Waals surface area contributed by atoms with Crippen LogP contribution < -0.4 is 5.32 Å². The van der Waals surface area contributed by atoms with Crippen molar-refractivity contribution >= 4 is 17.4 Å². The maximum absolute atomic E-state index is 12.8. The molecule has 0 spiro atoms. The average Bonchev–Trinajstić information content (AvgIpc) is 2.38. The number of rotatable bonds is 3. The van der Waals surface area contributed by atoms with Gasteiger partial charge in [-0.05, 0) is 19.1 Å². The van der Waals surface area contributed by atoms with E-state index in [-0.39, 0.29) is 11.5 Å². The van der Waals surface area contributed by atoms with Gasteiger partial charge in [0.1, 0.15) is 5.82 Å². The fourth-order valence-corrected chi connectivity index (χ4v) is 1.74. The Morgan fingerprint density at radius 3 is 2.35 bits per heavy atom. The van der Waals surface area contributed by atoms with E-state index in [0.717, 1.165) is 0 Å². The average molecular weight is 302 g/mol. The summed E-state index contributed by atoms with van der Waals surface area (Å²) in [5, 5.41) is 3.27. The molecule has 0 fully saturated rings. The zero-order chi connectivity index (χ0) is 14.8. The fourth-order valence-electron chi connectivity index (χ4n) is 1.61. The molecule has 0 radical (unpaired) electrons. The van der Waals surface area contributed by atoms with Crippen molar-refractivity contribution in [1.29, 1.82) is 0 Å². The first-order chi connectivity index (χ1) is 9.40. The van der Waals surface area contributed by atoms with Crippen LogP contribution in [0.2, 0.25) is 5.02 Å². The second-order valence-corrected chi connectivity index (χ2v) is 4.43. The number of halogens is 4. The molecule has 0 aliphatic heterocycles. The highest BCUT2D eigenvalue weighted by atomic mass is 35.5. The molecular weight excluding hydrogens is 291 g/mol. The van der Waals surface area contributed by atoms with E-state index in [1.54, 1.807) is 31.2 Å². The molecule has 20 heavy (non-hydrogen) atoms. The van der Waals surface area contributed by atoms with E-state index in [1.807, 2.05) is 0 Å². The van der Waals surface area contributed by atoms with Crippen molar-refractivity contribution in [1.82, 2.24) is 9.97 Å². The lowest BCUT2D eigenvalue weighted by Gasteiger charge is -2.11. The molecule has 1 aromatic carbocycles. The molecule has 3 nitrogen and oxygen atoms in total. The quantitative estimate of drug-likeness (QED) is 0.921. The van der Waals surface area contributed by atoms with Crippen molar-refractivity contribution < 1.29 is 13.2 Å². The summed E-state index contributed by atoms with van der Waals surface area (Å²) in [7, 11) is 0. The monoisotopic (exact) mass is 301 g/mol. The van der Waals surface area contributed by atoms with Crippen molar-refractivity contribution in [2.24, 2.45) is 0 Å². The molecule has 1 aromatic heterocycles. The number of nitrogens with one attached hydrogen (secondary N) is 1. The maximum Gasteiger partial charge on any atom is 0.451 e. The molecule has 0 atom stereocenters. The van der Waals surface area contributed by atoms with Crippen molar-refractivity contribution in [3.05, 3.63) is 41.2 Å². The summed E-state index contributed by atoms with van der Waals surface area (Å²) in [5.41, 5.74) is 0.737. The van der Waals surface area contributed by atoms with E-state index in [0.29, 0.717) is 17.1 Å². The van der Waals surface area contributed by atoms with Crippen molar-refractivity contribution in [2.45, 2.75) is 13.1 Å². The first-order valence-corrected chi connectivity index (χ1v) is 6.24. The highest BCUT2D eigenvalue weighted by molar-refractivity contribution is 6.30. The van der Waals surface area contributed by atoms with Gasteiger partial charge in [-0.25, -0.2) is 9.97 Å². The third-order valence-electron chi connectivity index (χ3n) is 2.48. The number of benzene rings is 1. The van der Waals surface area contributed by atoms with Gasteiger partial charge in [0.15, 0.2) is 0 Å². The van der Waals surface area contributed by atoms with Gasteiger partial charge in [-0.3, -0.25) is 0 Å². The number of hydrogen-bond acceptors (Lipinski definition) is 3. The molecule has 0 unspecified atom stereocenters. The predicted molar refractivity (Wildman–Crippen MR) is 71.6 cm³/mol. The molecule has 106 valence electrons. The first kappa shape index (κ1) is 14.6. The molecule has 1 N–H and O–H groups in total. The van der Waals surface area contributed by atoms with Gasteiger partial charge in [-0.2, -0.15) is 13.2 Å². The highest BCUT2D eigenvalue weighted by Gasteiger charge is 2.35. The summed E-state index contributed by atoms with van der Waals surface area (Å²) in [6.07, 6.45) is -4.59. The van der Waals surface area contributed by atoms with Crippen LogP contribution in [0.25, 0.3) is 11.3 Å². The van der Waals surface area contributed by atoms with Gasteiger partial charge in [0.05, 0.1) is 5.69 Å². The second-order valence-electron chi connectivity index (χ2n) is 4.00. The lowest BCUT2D eigenvalue weighted by atomic mass is 10.1. The summed E-state index contributed by atoms with van der Waals surface area (Å²) < 4.78 is 38.4. The smallest absolute Gasteiger partial charge is 0.370 e. The number of alkyl halides is 3. The minimum atomic E-state index is -4.59. The minimum Gasteiger partial charge on any atom is -0.370 e. The van der Waals surface area contributed by atoms with E-state index in [4.69, 9.17) is 11.6 Å². The fraction of sp³-hybridized carbons (Fsp3) is 0.231. The summed E-state index contributed by atoms with van der Waals surface area (Å²) in [6.45, 7) is 2.24. The van der Waals surface area contributed by atoms with Gasteiger partial charge in [0, 0.05) is 23.2 Å². The summed E-state index contributed by atoms with van der Waals surface area (Å²) >= 11 is 5.76. The molecule has 0 saturated carbocycles. The van der Waals surface area contributed by atoms with Crippen molar-refractivity contribution in [2.75, 3.05) is 11.9 Å². The zero-order valence-corrected chi connectivity index (χ0v) is 11.3. The van der Waals surface area contributed by atoms with Crippen LogP contribution in [0.4, 0.5) is 19.0 Å². The predicted octanol–water partition coefficient (Wildman–Crippen LogP) is 4.25. The highest BCUT2D eigenvalue weighted by Crippen LogP contribution is 2.30. The lowest BCUT2D eigenvalue weighted by Crippen LogP contribution is -2.13. The lowest BCUT2D eigenvalue weighted by molar-refractivity contribution is -0.144. The Bertz CT molecular complexity index is 597. The van der Waals surface area contributed by atoms with Gasteiger partial charge in [-0.1, -0.05) is 23.7 Å². The number of nitrogens with zero attached hydrogens (tertiary/aromatic N) is 2. The molecule has 0 aliphatic rings. The summed E-state index contributed by atoms with van der Waals surface area (Å²) in [6, 6.07) is 7.89. The van der Waals surface area contributed by atoms with Gasteiger partial charge in [0.2, 0.25) is 5.82 Å². The molecule has 0 saturated heterocycles. The van der Waals surface area contributed by atoms with E-state index in [2.05, 4.69) is 15.3 Å². The van der Waals surface area contributed by atoms with Crippen LogP contribution in [-0.4, -0.2) is 16.5 Å². The topological polar surface area (TPSA) is 37.8 Å². The Balaban J connectivity index is 2.51. The number of anilines is 1. The Hall–Kier alpha value is -1.82. The molecular formula is C13H11ClF3N3. The minimum absolute atomic E-state index is 0.139. The standard InChI is InChI=1S/C13H11ClF3N3/c1-2-18-11-7-10(8-3-5-9(14)6-4-8)19-12(20-11)13(15,16)17/h3-7H,2H2,1H3,(H,18,19,20). The van der Waals surface area contributed by atoms with E-state index < -0.39 is 12.0 Å². The Labute approximate surface area is 118 Å². The van der Waals surface area contributed by atoms with Crippen LogP contribution in [0.1, 0.15) is 12.7 Å². The van der Waals surface area contributed by atoms with Crippen LogP contribution in [0.15, 0.2) is 30.3 Å². The van der Waals surface area contributed by atoms with Gasteiger partial charge in [0.25, 0.3) is 0 Å². The zero-order valence-electron chi connectivity index (χ0n) is 10.5. The summed E-state index contributed by atoms with van der Waals surface area (Å²) in [4.78, 5) is 7.03. The van der Waals surface area contributed by atoms with Gasteiger partial charge >= 0.3 is 6.18 Å². The van der Waals surface area contributed by atoms with E-state index in [9.17, 15) is 13.2 Å². The number of aromatic nitrogens is 2. The normalized spacial score (nSPS) is 11.4. The summed E-state index contributed by atoms with van der Waals surface area (Å²) in [5.74, 6) is -1.03. The SMILES string of the molecule is CCNc1cc(-c2ccc(Cl)cc2)nc(C(F)(F)F)n1. The molecule has 1 heterocycles. The molecule has 2 aromatic rings. The van der Waals surface area contributed by atoms with Crippen LogP contribution in [0.3, 0.4) is 0 Å². The third kappa shape index (κ3) is 3.39. The molecule has 0 aliphatic carbocycles. The second kappa shape index (κ2) is 5.66. The largest absolute Gasteiger partial charge is 0.451 e. The Morgan fingerprint density at radius 2 is 1.80 bits per heavy atom. The van der Waals surface area contributed by atoms with Gasteiger partial charge in [-0.15, -0.1) is 0 Å². The van der Waals surface area contributed by atoms with Crippen LogP contribution in [0.5, 0.6) is 0 Å². The first-order valence-electron chi connectivity index (χ1n) is 5.86. The molecule has 0 amide bonds. The number of hydrogen-bond donors (Lipinski definition) is 1. The van der Waals surface area contributed by atoms with E-state index >= 15 is 0 Å². The van der Waals surface area contributed by atoms with Gasteiger partial charge < -0.3 is 5.32 Å². The molecule has 0 bridgehead atoms. The third-order valence-corrected chi connectivity index (χ3v) is 2.73. The van der Waals surface area contributed by atoms with Crippen LogP contribution >= 0.6 is 11.6 Å². The Kier molecular flexibility index (Phi) is 4.13.